The second kappa shape index (κ2) is 10.6. The Morgan fingerprint density at radius 1 is 0.879 bits per heavy atom. The molecule has 178 valence electrons. The molecule has 0 aliphatic carbocycles. The molecule has 2 amide bonds. The van der Waals surface area contributed by atoms with Gasteiger partial charge < -0.3 is 24.0 Å². The fourth-order valence-corrected chi connectivity index (χ4v) is 3.47. The first-order chi connectivity index (χ1) is 15.7. The highest BCUT2D eigenvalue weighted by Gasteiger charge is 2.28. The van der Waals surface area contributed by atoms with Crippen molar-refractivity contribution in [2.24, 2.45) is 0 Å². The lowest BCUT2D eigenvalue weighted by Crippen LogP contribution is -2.50. The van der Waals surface area contributed by atoms with Gasteiger partial charge >= 0.3 is 6.18 Å². The molecular weight excluding hydrogens is 441 g/mol. The molecule has 1 aliphatic rings. The average molecular weight is 466 g/mol. The lowest BCUT2D eigenvalue weighted by molar-refractivity contribution is -0.176. The molecule has 0 atom stereocenters. The van der Waals surface area contributed by atoms with Gasteiger partial charge in [-0.3, -0.25) is 9.59 Å². The van der Waals surface area contributed by atoms with E-state index in [1.165, 1.54) is 14.2 Å². The first-order valence-electron chi connectivity index (χ1n) is 10.3. The van der Waals surface area contributed by atoms with E-state index in [1.54, 1.807) is 52.3 Å². The summed E-state index contributed by atoms with van der Waals surface area (Å²) in [5, 5.41) is 0. The number of alkyl halides is 3. The Morgan fingerprint density at radius 2 is 1.48 bits per heavy atom. The number of methoxy groups -OCH3 is 2. The maximum absolute atomic E-state index is 12.9. The number of hydrogen-bond acceptors (Lipinski definition) is 5. The van der Waals surface area contributed by atoms with Crippen LogP contribution in [0.15, 0.2) is 42.5 Å². The molecule has 0 bridgehead atoms. The zero-order chi connectivity index (χ0) is 24.0. The number of carbonyl (C=O) groups excluding carboxylic acids is 2. The van der Waals surface area contributed by atoms with Crippen LogP contribution >= 0.6 is 0 Å². The molecule has 3 rings (SSSR count). The molecule has 0 N–H and O–H groups in total. The smallest absolute Gasteiger partial charge is 0.411 e. The van der Waals surface area contributed by atoms with Crippen LogP contribution in [0.25, 0.3) is 0 Å². The first kappa shape index (κ1) is 24.4. The van der Waals surface area contributed by atoms with Crippen LogP contribution in [0.4, 0.5) is 13.2 Å². The van der Waals surface area contributed by atoms with Gasteiger partial charge in [0.15, 0.2) is 0 Å². The summed E-state index contributed by atoms with van der Waals surface area (Å²) in [5.74, 6) is 0.602. The second-order valence-electron chi connectivity index (χ2n) is 7.46. The van der Waals surface area contributed by atoms with Crippen LogP contribution in [0, 0.1) is 0 Å². The number of amides is 2. The lowest BCUT2D eigenvalue weighted by Gasteiger charge is -2.35. The van der Waals surface area contributed by atoms with Crippen molar-refractivity contribution in [3.8, 4) is 11.5 Å². The summed E-state index contributed by atoms with van der Waals surface area (Å²) in [6.45, 7) is -0.0616. The molecule has 0 saturated carbocycles. The van der Waals surface area contributed by atoms with E-state index in [4.69, 9.17) is 9.47 Å². The van der Waals surface area contributed by atoms with Crippen LogP contribution in [-0.4, -0.2) is 74.8 Å². The van der Waals surface area contributed by atoms with E-state index in [9.17, 15) is 22.8 Å². The third-order valence-corrected chi connectivity index (χ3v) is 5.23. The summed E-state index contributed by atoms with van der Waals surface area (Å²) in [4.78, 5) is 29.0. The minimum absolute atomic E-state index is 0.190. The standard InChI is InChI=1S/C23H25F3N2O5/c1-31-18-7-8-19(20(13-18)32-2)22(30)28-11-9-27(10-12-28)21(29)17-5-3-16(4-6-17)14-33-15-23(24,25)26/h3-8,13H,9-12,14-15H2,1-2H3. The van der Waals surface area contributed by atoms with Gasteiger partial charge in [-0.1, -0.05) is 12.1 Å². The summed E-state index contributed by atoms with van der Waals surface area (Å²) in [6.07, 6.45) is -4.38. The molecule has 0 aromatic heterocycles. The summed E-state index contributed by atoms with van der Waals surface area (Å²) < 4.78 is 51.6. The minimum atomic E-state index is -4.38. The molecule has 7 nitrogen and oxygen atoms in total. The Kier molecular flexibility index (Phi) is 7.80. The van der Waals surface area contributed by atoms with Gasteiger partial charge in [0.25, 0.3) is 11.8 Å². The van der Waals surface area contributed by atoms with Gasteiger partial charge in [0, 0.05) is 37.8 Å². The molecule has 33 heavy (non-hydrogen) atoms. The van der Waals surface area contributed by atoms with E-state index in [1.807, 2.05) is 0 Å². The molecule has 1 fully saturated rings. The molecule has 10 heteroatoms. The Bertz CT molecular complexity index is 971. The highest BCUT2D eigenvalue weighted by molar-refractivity contribution is 5.98. The normalized spacial score (nSPS) is 14.2. The fourth-order valence-electron chi connectivity index (χ4n) is 3.47. The molecule has 0 spiro atoms. The van der Waals surface area contributed by atoms with Crippen LogP contribution in [0.2, 0.25) is 0 Å². The first-order valence-corrected chi connectivity index (χ1v) is 10.3. The van der Waals surface area contributed by atoms with E-state index < -0.39 is 12.8 Å². The van der Waals surface area contributed by atoms with Crippen LogP contribution in [-0.2, 0) is 11.3 Å². The fraction of sp³-hybridized carbons (Fsp3) is 0.391. The van der Waals surface area contributed by atoms with Crippen LogP contribution in [0.1, 0.15) is 26.3 Å². The number of piperazine rings is 1. The number of carbonyl (C=O) groups is 2. The summed E-state index contributed by atoms with van der Waals surface area (Å²) in [7, 11) is 3.01. The molecule has 1 saturated heterocycles. The number of ether oxygens (including phenoxy) is 3. The Balaban J connectivity index is 1.55. The Labute approximate surface area is 189 Å². The number of nitrogens with zero attached hydrogens (tertiary/aromatic N) is 2. The van der Waals surface area contributed by atoms with Crippen LogP contribution < -0.4 is 9.47 Å². The van der Waals surface area contributed by atoms with Crippen molar-refractivity contribution in [3.63, 3.8) is 0 Å². The van der Waals surface area contributed by atoms with Crippen LogP contribution in [0.5, 0.6) is 11.5 Å². The van der Waals surface area contributed by atoms with Crippen molar-refractivity contribution >= 4 is 11.8 Å². The summed E-state index contributed by atoms with van der Waals surface area (Å²) in [6, 6.07) is 11.2. The van der Waals surface area contributed by atoms with Gasteiger partial charge in [0.2, 0.25) is 0 Å². The maximum atomic E-state index is 12.9. The van der Waals surface area contributed by atoms with Gasteiger partial charge in [-0.05, 0) is 29.8 Å². The highest BCUT2D eigenvalue weighted by atomic mass is 19.4. The van der Waals surface area contributed by atoms with E-state index >= 15 is 0 Å². The van der Waals surface area contributed by atoms with Crippen molar-refractivity contribution in [1.29, 1.82) is 0 Å². The van der Waals surface area contributed by atoms with E-state index in [2.05, 4.69) is 4.74 Å². The summed E-state index contributed by atoms with van der Waals surface area (Å²) >= 11 is 0. The lowest BCUT2D eigenvalue weighted by atomic mass is 10.1. The van der Waals surface area contributed by atoms with E-state index in [0.29, 0.717) is 54.4 Å². The average Bonchev–Trinajstić information content (AvgIpc) is 2.82. The van der Waals surface area contributed by atoms with Gasteiger partial charge in [0.1, 0.15) is 18.1 Å². The zero-order valence-corrected chi connectivity index (χ0v) is 18.4. The Morgan fingerprint density at radius 3 is 2.03 bits per heavy atom. The molecule has 1 heterocycles. The third kappa shape index (κ3) is 6.38. The van der Waals surface area contributed by atoms with E-state index in [-0.39, 0.29) is 18.4 Å². The molecule has 2 aromatic carbocycles. The zero-order valence-electron chi connectivity index (χ0n) is 18.4. The molecule has 0 radical (unpaired) electrons. The van der Waals surface area contributed by atoms with Gasteiger partial charge in [-0.15, -0.1) is 0 Å². The van der Waals surface area contributed by atoms with Crippen molar-refractivity contribution in [1.82, 2.24) is 9.80 Å². The molecule has 0 unspecified atom stereocenters. The quantitative estimate of drug-likeness (QED) is 0.626. The number of halogens is 3. The SMILES string of the molecule is COc1ccc(C(=O)N2CCN(C(=O)c3ccc(COCC(F)(F)F)cc3)CC2)c(OC)c1. The number of benzene rings is 2. The number of rotatable bonds is 7. The Hall–Kier alpha value is -3.27. The maximum Gasteiger partial charge on any atom is 0.411 e. The van der Waals surface area contributed by atoms with Gasteiger partial charge in [-0.2, -0.15) is 13.2 Å². The molecule has 1 aliphatic heterocycles. The summed E-state index contributed by atoms with van der Waals surface area (Å²) in [5.41, 5.74) is 1.38. The molecular formula is C23H25F3N2O5. The number of hydrogen-bond donors (Lipinski definition) is 0. The minimum Gasteiger partial charge on any atom is -0.497 e. The topological polar surface area (TPSA) is 68.3 Å². The van der Waals surface area contributed by atoms with Gasteiger partial charge in [0.05, 0.1) is 26.4 Å². The predicted octanol–water partition coefficient (Wildman–Crippen LogP) is 3.38. The van der Waals surface area contributed by atoms with Crippen molar-refractivity contribution in [2.45, 2.75) is 12.8 Å². The molecule has 2 aromatic rings. The monoisotopic (exact) mass is 466 g/mol. The van der Waals surface area contributed by atoms with Crippen molar-refractivity contribution < 1.29 is 37.0 Å². The third-order valence-electron chi connectivity index (χ3n) is 5.23. The largest absolute Gasteiger partial charge is 0.497 e. The van der Waals surface area contributed by atoms with Crippen LogP contribution in [0.3, 0.4) is 0 Å². The van der Waals surface area contributed by atoms with E-state index in [0.717, 1.165) is 0 Å². The van der Waals surface area contributed by atoms with Gasteiger partial charge in [-0.25, -0.2) is 0 Å². The highest BCUT2D eigenvalue weighted by Crippen LogP contribution is 2.26. The van der Waals surface area contributed by atoms with Crippen molar-refractivity contribution in [2.75, 3.05) is 47.0 Å². The predicted molar refractivity (Wildman–Crippen MR) is 114 cm³/mol. The second-order valence-corrected chi connectivity index (χ2v) is 7.46. The van der Waals surface area contributed by atoms with Crippen molar-refractivity contribution in [3.05, 3.63) is 59.2 Å².